The third-order valence-corrected chi connectivity index (χ3v) is 3.34. The van der Waals surface area contributed by atoms with Crippen LogP contribution < -0.4 is 19.7 Å². The number of ether oxygens (including phenoxy) is 2. The van der Waals surface area contributed by atoms with Gasteiger partial charge in [0, 0.05) is 18.2 Å². The molecule has 0 saturated carbocycles. The highest BCUT2D eigenvalue weighted by molar-refractivity contribution is 6.00. The van der Waals surface area contributed by atoms with Gasteiger partial charge in [0.25, 0.3) is 0 Å². The molecule has 120 valence electrons. The summed E-state index contributed by atoms with van der Waals surface area (Å²) in [6, 6.07) is 9.51. The Hall–Kier alpha value is -2.76. The Morgan fingerprint density at radius 1 is 1.26 bits per heavy atom. The van der Waals surface area contributed by atoms with E-state index in [0.717, 1.165) is 5.56 Å². The first-order valence-corrected chi connectivity index (χ1v) is 7.26. The second kappa shape index (κ2) is 6.16. The number of carbonyl (C=O) groups excluding carboxylic acids is 1. The molecule has 0 spiro atoms. The number of aromatic nitrogens is 1. The highest BCUT2D eigenvalue weighted by Gasteiger charge is 2.27. The Morgan fingerprint density at radius 3 is 2.74 bits per heavy atom. The molecule has 0 unspecified atom stereocenters. The van der Waals surface area contributed by atoms with Gasteiger partial charge in [-0.1, -0.05) is 0 Å². The third kappa shape index (κ3) is 3.06. The van der Waals surface area contributed by atoms with E-state index in [0.29, 0.717) is 23.9 Å². The van der Waals surface area contributed by atoms with Crippen LogP contribution >= 0.6 is 0 Å². The lowest BCUT2D eigenvalue weighted by atomic mass is 10.2. The van der Waals surface area contributed by atoms with Gasteiger partial charge in [-0.2, -0.15) is 4.98 Å². The van der Waals surface area contributed by atoms with E-state index in [1.165, 1.54) is 17.0 Å². The number of nitrogens with zero attached hydrogens (tertiary/aromatic N) is 2. The van der Waals surface area contributed by atoms with Gasteiger partial charge in [-0.3, -0.25) is 0 Å². The van der Waals surface area contributed by atoms with Crippen LogP contribution in [-0.4, -0.2) is 24.2 Å². The van der Waals surface area contributed by atoms with Crippen molar-refractivity contribution in [3.8, 4) is 11.6 Å². The van der Waals surface area contributed by atoms with Gasteiger partial charge in [0.05, 0.1) is 22.9 Å². The normalized spacial score (nSPS) is 16.0. The smallest absolute Gasteiger partial charge is 0.327 e. The van der Waals surface area contributed by atoms with Crippen molar-refractivity contribution in [1.82, 2.24) is 10.3 Å². The molecule has 6 heteroatoms. The molecule has 1 aliphatic heterocycles. The molecule has 0 fully saturated rings. The molecule has 2 heterocycles. The SMILES string of the molecule is [2H]C([2H])([2H])Oc1ccc(N2C(=O)NCc3ccc(OC(C)C)nc32)cc1. The van der Waals surface area contributed by atoms with Crippen molar-refractivity contribution in [3.05, 3.63) is 42.0 Å². The molecule has 0 saturated heterocycles. The molecule has 6 nitrogen and oxygen atoms in total. The van der Waals surface area contributed by atoms with Crippen LogP contribution in [0.2, 0.25) is 0 Å². The molecule has 1 aromatic heterocycles. The first kappa shape index (κ1) is 11.8. The highest BCUT2D eigenvalue weighted by atomic mass is 16.5. The van der Waals surface area contributed by atoms with Gasteiger partial charge < -0.3 is 14.8 Å². The van der Waals surface area contributed by atoms with Crippen LogP contribution in [0.5, 0.6) is 11.6 Å². The maximum Gasteiger partial charge on any atom is 0.327 e. The number of anilines is 2. The van der Waals surface area contributed by atoms with Crippen LogP contribution in [0.4, 0.5) is 16.3 Å². The molecule has 2 amide bonds. The predicted octanol–water partition coefficient (Wildman–Crippen LogP) is 3.24. The van der Waals surface area contributed by atoms with Crippen molar-refractivity contribution in [2.75, 3.05) is 11.9 Å². The molecule has 0 radical (unpaired) electrons. The van der Waals surface area contributed by atoms with Gasteiger partial charge in [-0.05, 0) is 44.2 Å². The fourth-order valence-corrected chi connectivity index (χ4v) is 2.35. The molecular formula is C17H19N3O3. The van der Waals surface area contributed by atoms with E-state index in [4.69, 9.17) is 13.6 Å². The van der Waals surface area contributed by atoms with Crippen molar-refractivity contribution >= 4 is 17.5 Å². The summed E-state index contributed by atoms with van der Waals surface area (Å²) in [5.41, 5.74) is 1.39. The van der Waals surface area contributed by atoms with Crippen LogP contribution in [0.1, 0.15) is 23.5 Å². The van der Waals surface area contributed by atoms with Gasteiger partial charge in [0.1, 0.15) is 11.6 Å². The summed E-state index contributed by atoms with van der Waals surface area (Å²) in [7, 11) is -2.53. The molecule has 1 aromatic carbocycles. The number of methoxy groups -OCH3 is 1. The average molecular weight is 316 g/mol. The second-order valence-corrected chi connectivity index (χ2v) is 5.39. The third-order valence-electron chi connectivity index (χ3n) is 3.34. The van der Waals surface area contributed by atoms with Crippen LogP contribution in [-0.2, 0) is 6.54 Å². The zero-order chi connectivity index (χ0) is 18.9. The van der Waals surface area contributed by atoms with Gasteiger partial charge in [-0.15, -0.1) is 0 Å². The molecule has 1 N–H and O–H groups in total. The fraction of sp³-hybridized carbons (Fsp3) is 0.294. The minimum Gasteiger partial charge on any atom is -0.497 e. The lowest BCUT2D eigenvalue weighted by molar-refractivity contribution is 0.232. The number of rotatable bonds is 4. The molecular weight excluding hydrogens is 294 g/mol. The molecule has 2 aromatic rings. The first-order chi connectivity index (χ1) is 12.2. The van der Waals surface area contributed by atoms with E-state index in [1.807, 2.05) is 19.9 Å². The number of benzene rings is 1. The maximum absolute atomic E-state index is 12.4. The summed E-state index contributed by atoms with van der Waals surface area (Å²) < 4.78 is 31.9. The summed E-state index contributed by atoms with van der Waals surface area (Å²) in [6.45, 7) is 4.17. The molecule has 0 bridgehead atoms. The quantitative estimate of drug-likeness (QED) is 0.940. The molecule has 0 atom stereocenters. The number of hydrogen-bond acceptors (Lipinski definition) is 4. The summed E-state index contributed by atoms with van der Waals surface area (Å²) in [5, 5.41) is 2.78. The van der Waals surface area contributed by atoms with E-state index in [-0.39, 0.29) is 17.9 Å². The van der Waals surface area contributed by atoms with E-state index in [2.05, 4.69) is 10.3 Å². The van der Waals surface area contributed by atoms with Crippen LogP contribution in [0.3, 0.4) is 0 Å². The van der Waals surface area contributed by atoms with Crippen LogP contribution in [0.15, 0.2) is 36.4 Å². The number of amides is 2. The Balaban J connectivity index is 1.94. The lowest BCUT2D eigenvalue weighted by Gasteiger charge is -2.29. The number of carbonyl (C=O) groups is 1. The van der Waals surface area contributed by atoms with E-state index >= 15 is 0 Å². The van der Waals surface area contributed by atoms with E-state index < -0.39 is 7.04 Å². The van der Waals surface area contributed by atoms with E-state index in [1.54, 1.807) is 18.2 Å². The summed E-state index contributed by atoms with van der Waals surface area (Å²) in [6.07, 6.45) is -0.0391. The van der Waals surface area contributed by atoms with Crippen molar-refractivity contribution in [3.63, 3.8) is 0 Å². The highest BCUT2D eigenvalue weighted by Crippen LogP contribution is 2.32. The Labute approximate surface area is 139 Å². The molecule has 3 rings (SSSR count). The summed E-state index contributed by atoms with van der Waals surface area (Å²) in [4.78, 5) is 18.3. The van der Waals surface area contributed by atoms with Crippen molar-refractivity contribution in [2.45, 2.75) is 26.5 Å². The average Bonchev–Trinajstić information content (AvgIpc) is 2.54. The summed E-state index contributed by atoms with van der Waals surface area (Å²) >= 11 is 0. The van der Waals surface area contributed by atoms with Crippen LogP contribution in [0, 0.1) is 0 Å². The minimum atomic E-state index is -2.53. The molecule has 23 heavy (non-hydrogen) atoms. The number of pyridine rings is 1. The predicted molar refractivity (Wildman–Crippen MR) is 87.4 cm³/mol. The zero-order valence-electron chi connectivity index (χ0n) is 15.9. The second-order valence-electron chi connectivity index (χ2n) is 5.39. The fourth-order valence-electron chi connectivity index (χ4n) is 2.35. The Bertz CT molecular complexity index is 807. The minimum absolute atomic E-state index is 0.0391. The monoisotopic (exact) mass is 316 g/mol. The van der Waals surface area contributed by atoms with Gasteiger partial charge >= 0.3 is 6.03 Å². The number of nitrogens with one attached hydrogen (secondary N) is 1. The zero-order valence-corrected chi connectivity index (χ0v) is 12.9. The standard InChI is InChI=1S/C17H19N3O3/c1-11(2)23-15-9-4-12-10-18-17(21)20(16(12)19-15)13-5-7-14(22-3)8-6-13/h4-9,11H,10H2,1-3H3,(H,18,21)/i3D3. The van der Waals surface area contributed by atoms with Gasteiger partial charge in [0.15, 0.2) is 0 Å². The summed E-state index contributed by atoms with van der Waals surface area (Å²) in [5.74, 6) is 1.11. The topological polar surface area (TPSA) is 63.7 Å². The van der Waals surface area contributed by atoms with Gasteiger partial charge in [-0.25, -0.2) is 9.69 Å². The van der Waals surface area contributed by atoms with Crippen LogP contribution in [0.25, 0.3) is 0 Å². The lowest BCUT2D eigenvalue weighted by Crippen LogP contribution is -2.41. The number of hydrogen-bond donors (Lipinski definition) is 1. The van der Waals surface area contributed by atoms with Crippen molar-refractivity contribution in [1.29, 1.82) is 0 Å². The molecule has 1 aliphatic rings. The van der Waals surface area contributed by atoms with Crippen molar-refractivity contribution < 1.29 is 18.4 Å². The Morgan fingerprint density at radius 2 is 2.04 bits per heavy atom. The maximum atomic E-state index is 12.4. The van der Waals surface area contributed by atoms with Gasteiger partial charge in [0.2, 0.25) is 5.88 Å². The van der Waals surface area contributed by atoms with E-state index in [9.17, 15) is 4.79 Å². The largest absolute Gasteiger partial charge is 0.497 e. The molecule has 0 aliphatic carbocycles. The van der Waals surface area contributed by atoms with Crippen molar-refractivity contribution in [2.24, 2.45) is 0 Å². The number of urea groups is 1. The first-order valence-electron chi connectivity index (χ1n) is 8.76. The Kier molecular flexibility index (Phi) is 3.15. The number of fused-ring (bicyclic) bond motifs is 1.